The van der Waals surface area contributed by atoms with Gasteiger partial charge < -0.3 is 37.9 Å². The molecule has 0 aliphatic carbocycles. The molecule has 19 aromatic rings. The number of hydrogen-bond donors (Lipinski definition) is 0. The number of carbonyl (C=O) groups is 8. The van der Waals surface area contributed by atoms with E-state index in [-0.39, 0.29) is 35.5 Å². The highest BCUT2D eigenvalue weighted by molar-refractivity contribution is 5.99. The number of aromatic nitrogens is 12. The molecular weight excluding hydrogens is 1720 g/mol. The maximum Gasteiger partial charge on any atom is 0.354 e. The summed E-state index contributed by atoms with van der Waals surface area (Å²) in [6.07, 6.45) is 28.7. The van der Waals surface area contributed by atoms with Crippen LogP contribution in [-0.2, 0) is 77.9 Å². The molecule has 0 radical (unpaired) electrons. The lowest BCUT2D eigenvalue weighted by Gasteiger charge is -2.07. The van der Waals surface area contributed by atoms with E-state index < -0.39 is 22.8 Å². The van der Waals surface area contributed by atoms with Gasteiger partial charge in [0.05, 0.1) is 112 Å². The molecule has 7 aromatic carbocycles. The third kappa shape index (κ3) is 22.5. The molecule has 0 bridgehead atoms. The quantitative estimate of drug-likeness (QED) is 0.0212. The lowest BCUT2D eigenvalue weighted by atomic mass is 10.1. The SMILES string of the molecule is COC(=O)c1cc2ccccc2n1C[n+]1ccccc1.COC(=O)c1ccc2c(ccn2C[n+]2cc(C(=O)OC)cc3ccccc32)c1.COC(=O)c1ccc2ccn(C[n+]3ccccc3)c2c1.COC(=O)c1ccc2ccn(C[n+]3ccccc3)c2c1.COC(=O)c1ccc[n+](Cn2c(C(=O)OC)cc3ccccc32)c1.COC(=O)c1ccc[n+](Cn2ccc3cc([N+](=O)[O-])ccc32)c1. The maximum atomic E-state index is 12.1. The number of methoxy groups -OCH3 is 8. The third-order valence-electron chi connectivity index (χ3n) is 22.0. The summed E-state index contributed by atoms with van der Waals surface area (Å²) in [5.74, 6) is -2.89. The maximum absolute atomic E-state index is 12.1. The summed E-state index contributed by atoms with van der Waals surface area (Å²) in [4.78, 5) is 105. The van der Waals surface area contributed by atoms with Crippen molar-refractivity contribution in [1.29, 1.82) is 0 Å². The number of nitrogens with zero attached hydrogens (tertiary/aromatic N) is 13. The van der Waals surface area contributed by atoms with Gasteiger partial charge in [0.1, 0.15) is 28.1 Å². The zero-order valence-corrected chi connectivity index (χ0v) is 75.0. The van der Waals surface area contributed by atoms with Crippen LogP contribution in [-0.4, -0.2) is 137 Å². The molecule has 0 saturated heterocycles. The molecule has 0 aliphatic rings. The van der Waals surface area contributed by atoms with Gasteiger partial charge in [-0.25, -0.2) is 38.4 Å². The number of ether oxygens (including phenoxy) is 8. The number of hydrogen-bond acceptors (Lipinski definition) is 18. The fourth-order valence-electron chi connectivity index (χ4n) is 15.3. The highest BCUT2D eigenvalue weighted by Crippen LogP contribution is 2.27. The van der Waals surface area contributed by atoms with E-state index in [2.05, 4.69) is 22.8 Å². The van der Waals surface area contributed by atoms with Gasteiger partial charge in [0, 0.05) is 118 Å². The predicted molar refractivity (Wildman–Crippen MR) is 499 cm³/mol. The van der Waals surface area contributed by atoms with Crippen molar-refractivity contribution in [3.63, 3.8) is 0 Å². The molecule has 0 saturated carbocycles. The Morgan fingerprint density at radius 2 is 0.593 bits per heavy atom. The second-order valence-electron chi connectivity index (χ2n) is 30.4. The number of carbonyl (C=O) groups excluding carboxylic acids is 8. The number of para-hydroxylation sites is 3. The van der Waals surface area contributed by atoms with Gasteiger partial charge in [-0.05, 0) is 132 Å². The Hall–Kier alpha value is -17.9. The van der Waals surface area contributed by atoms with Gasteiger partial charge >= 0.3 is 47.8 Å². The van der Waals surface area contributed by atoms with Crippen molar-refractivity contribution >= 4 is 130 Å². The number of non-ortho nitro benzene ring substituents is 1. The van der Waals surface area contributed by atoms with Crippen LogP contribution in [0.2, 0.25) is 0 Å². The average molecular weight is 1810 g/mol. The van der Waals surface area contributed by atoms with Crippen LogP contribution < -0.4 is 27.4 Å². The monoisotopic (exact) mass is 1810 g/mol. The molecule has 0 unspecified atom stereocenters. The molecule has 31 heteroatoms. The van der Waals surface area contributed by atoms with Gasteiger partial charge in [-0.15, -0.1) is 0 Å². The topological polar surface area (TPSA) is 306 Å². The number of rotatable bonds is 21. The van der Waals surface area contributed by atoms with Crippen molar-refractivity contribution in [2.24, 2.45) is 0 Å². The highest BCUT2D eigenvalue weighted by Gasteiger charge is 2.25. The fraction of sp³-hybridized carbons (Fsp3) is 0.135. The summed E-state index contributed by atoms with van der Waals surface area (Å²) in [5, 5.41) is 17.7. The molecule has 0 aliphatic heterocycles. The first-order chi connectivity index (χ1) is 65.7. The van der Waals surface area contributed by atoms with Crippen molar-refractivity contribution in [2.45, 2.75) is 40.0 Å². The number of nitro benzene ring substituents is 1. The van der Waals surface area contributed by atoms with Crippen molar-refractivity contribution in [3.8, 4) is 0 Å². The first-order valence-corrected chi connectivity index (χ1v) is 42.2. The second kappa shape index (κ2) is 43.9. The molecular formula is C104H95N13O18+6. The summed E-state index contributed by atoms with van der Waals surface area (Å²) in [6, 6.07) is 83.0. The zero-order chi connectivity index (χ0) is 95.0. The molecule has 0 atom stereocenters. The Morgan fingerprint density at radius 1 is 0.259 bits per heavy atom. The van der Waals surface area contributed by atoms with Crippen LogP contribution in [0.3, 0.4) is 0 Å². The van der Waals surface area contributed by atoms with Crippen LogP contribution in [0.25, 0.3) is 76.3 Å². The van der Waals surface area contributed by atoms with E-state index in [1.807, 2.05) is 307 Å². The average Bonchev–Trinajstić information content (AvgIpc) is 1.54. The van der Waals surface area contributed by atoms with Gasteiger partial charge in [-0.3, -0.25) is 37.5 Å². The van der Waals surface area contributed by atoms with Crippen LogP contribution in [0.1, 0.15) is 83.1 Å². The van der Waals surface area contributed by atoms with Crippen LogP contribution in [0.4, 0.5) is 5.69 Å². The first-order valence-electron chi connectivity index (χ1n) is 42.2. The Kier molecular flexibility index (Phi) is 30.4. The molecule has 0 N–H and O–H groups in total. The summed E-state index contributed by atoms with van der Waals surface area (Å²) < 4.78 is 62.2. The van der Waals surface area contributed by atoms with Gasteiger partial charge in [0.25, 0.3) is 5.69 Å². The summed E-state index contributed by atoms with van der Waals surface area (Å²) in [5.41, 5.74) is 10.9. The lowest BCUT2D eigenvalue weighted by molar-refractivity contribution is -0.701. The molecule has 31 nitrogen and oxygen atoms in total. The summed E-state index contributed by atoms with van der Waals surface area (Å²) >= 11 is 0. The second-order valence-corrected chi connectivity index (χ2v) is 30.4. The number of fused-ring (bicyclic) bond motifs is 7. The van der Waals surface area contributed by atoms with Gasteiger partial charge in [-0.2, -0.15) is 27.4 Å². The zero-order valence-electron chi connectivity index (χ0n) is 75.0. The van der Waals surface area contributed by atoms with Crippen molar-refractivity contribution in [1.82, 2.24) is 27.4 Å². The minimum absolute atomic E-state index is 0.0654. The van der Waals surface area contributed by atoms with Crippen LogP contribution in [0, 0.1) is 10.1 Å². The normalized spacial score (nSPS) is 10.7. The van der Waals surface area contributed by atoms with Gasteiger partial charge in [0.15, 0.2) is 68.2 Å². The largest absolute Gasteiger partial charge is 0.465 e. The van der Waals surface area contributed by atoms with Crippen LogP contribution in [0.15, 0.2) is 360 Å². The van der Waals surface area contributed by atoms with Crippen molar-refractivity contribution in [3.05, 3.63) is 415 Å². The van der Waals surface area contributed by atoms with Gasteiger partial charge in [0.2, 0.25) is 45.5 Å². The minimum atomic E-state index is -0.411. The van der Waals surface area contributed by atoms with E-state index in [0.717, 1.165) is 76.3 Å². The number of benzene rings is 7. The molecule has 135 heavy (non-hydrogen) atoms. The van der Waals surface area contributed by atoms with Crippen molar-refractivity contribution in [2.75, 3.05) is 56.9 Å². The number of esters is 8. The number of pyridine rings is 6. The van der Waals surface area contributed by atoms with Crippen LogP contribution in [0.5, 0.6) is 0 Å². The Bertz CT molecular complexity index is 7420. The Balaban J connectivity index is 0.000000130. The standard InChI is InChI=1S/C22H19N2O4.C18H17N2O4.C16H14N3O4.3C16H15N2O2/c1-27-21(25)17-7-8-20-16(11-17)9-10-23(20)14-24-13-18(22(26)28-2)12-15-5-3-4-6-19(15)24;1-23-17(21)14-7-5-9-19(11-14)12-20-15-8-4-3-6-13(15)10-16(20)18(22)24-2;1-23-16(20)13-3-2-7-17(10-13)11-18-8-6-12-9-14(19(21)22)4-5-15(12)18;1-20-16(19)15-11-13-7-3-4-8-14(13)18(15)12-17-9-5-2-6-10-17;2*1-20-16(19)14-6-5-13-7-10-18(15(13)11-14)12-17-8-3-2-4-9-17/h3-13H,14H2,1-2H3;3-11H,12H2,1-2H3;2-10H,11H2,1H3;3*2-11H,12H2,1H3/q6*+1. The lowest BCUT2D eigenvalue weighted by Crippen LogP contribution is -2.38. The predicted octanol–water partition coefficient (Wildman–Crippen LogP) is 14.0. The van der Waals surface area contributed by atoms with E-state index in [1.54, 1.807) is 79.3 Å². The summed E-state index contributed by atoms with van der Waals surface area (Å²) in [6.45, 7) is 3.32. The molecule has 12 aromatic heterocycles. The fourth-order valence-corrected chi connectivity index (χ4v) is 15.3. The molecule has 12 heterocycles. The number of nitro groups is 1. The molecule has 0 amide bonds. The minimum Gasteiger partial charge on any atom is -0.465 e. The Labute approximate surface area is 773 Å². The van der Waals surface area contributed by atoms with Crippen LogP contribution >= 0.6 is 0 Å². The van der Waals surface area contributed by atoms with Gasteiger partial charge in [-0.1, -0.05) is 78.9 Å². The molecule has 0 spiro atoms. The highest BCUT2D eigenvalue weighted by atomic mass is 16.6. The first kappa shape index (κ1) is 93.3. The molecule has 19 rings (SSSR count). The smallest absolute Gasteiger partial charge is 0.354 e. The van der Waals surface area contributed by atoms with E-state index in [0.29, 0.717) is 84.8 Å². The third-order valence-corrected chi connectivity index (χ3v) is 22.0. The van der Waals surface area contributed by atoms with Crippen molar-refractivity contribution < 1.29 is 109 Å². The van der Waals surface area contributed by atoms with E-state index >= 15 is 0 Å². The molecule has 0 fully saturated rings. The van der Waals surface area contributed by atoms with E-state index in [4.69, 9.17) is 37.9 Å². The molecule has 678 valence electrons. The van der Waals surface area contributed by atoms with E-state index in [1.165, 1.54) is 62.9 Å². The van der Waals surface area contributed by atoms with E-state index in [9.17, 15) is 48.5 Å². The Morgan fingerprint density at radius 3 is 1.05 bits per heavy atom. The summed E-state index contributed by atoms with van der Waals surface area (Å²) in [7, 11) is 11.0.